The molecular formula is C28H20ClNO3S2. The molecule has 4 aromatic carbocycles. The number of rotatable bonds is 6. The lowest BCUT2D eigenvalue weighted by Crippen LogP contribution is -2.27. The van der Waals surface area contributed by atoms with Crippen molar-refractivity contribution in [1.29, 1.82) is 0 Å². The van der Waals surface area contributed by atoms with Crippen molar-refractivity contribution in [2.75, 3.05) is 12.0 Å². The zero-order chi connectivity index (χ0) is 24.4. The van der Waals surface area contributed by atoms with Gasteiger partial charge in [-0.2, -0.15) is 0 Å². The topological polar surface area (TPSA) is 38.8 Å². The molecule has 7 heteroatoms. The number of hydrogen-bond acceptors (Lipinski definition) is 5. The fourth-order valence-electron chi connectivity index (χ4n) is 3.91. The Kier molecular flexibility index (Phi) is 6.77. The molecule has 0 N–H and O–H groups in total. The third kappa shape index (κ3) is 4.78. The highest BCUT2D eigenvalue weighted by Crippen LogP contribution is 2.41. The summed E-state index contributed by atoms with van der Waals surface area (Å²) >= 11 is 12.9. The maximum atomic E-state index is 13.5. The van der Waals surface area contributed by atoms with Gasteiger partial charge in [-0.05, 0) is 52.7 Å². The number of amides is 1. The molecule has 4 nitrogen and oxygen atoms in total. The maximum Gasteiger partial charge on any atom is 0.270 e. The van der Waals surface area contributed by atoms with Crippen LogP contribution in [0.3, 0.4) is 0 Å². The Balaban J connectivity index is 1.53. The average molecular weight is 518 g/mol. The number of halogens is 1. The first-order chi connectivity index (χ1) is 17.0. The van der Waals surface area contributed by atoms with Gasteiger partial charge in [-0.1, -0.05) is 90.2 Å². The van der Waals surface area contributed by atoms with Crippen LogP contribution in [0.2, 0.25) is 5.02 Å². The largest absolute Gasteiger partial charge is 0.495 e. The molecule has 0 unspecified atom stereocenters. The summed E-state index contributed by atoms with van der Waals surface area (Å²) in [5, 5.41) is 2.72. The van der Waals surface area contributed by atoms with Gasteiger partial charge < -0.3 is 9.47 Å². The summed E-state index contributed by atoms with van der Waals surface area (Å²) in [7, 11) is 1.58. The molecule has 174 valence electrons. The van der Waals surface area contributed by atoms with Crippen LogP contribution in [0.15, 0.2) is 89.8 Å². The van der Waals surface area contributed by atoms with Crippen LogP contribution in [-0.4, -0.2) is 17.3 Å². The lowest BCUT2D eigenvalue weighted by molar-refractivity contribution is -0.113. The Hall–Kier alpha value is -3.32. The van der Waals surface area contributed by atoms with Crippen molar-refractivity contribution < 1.29 is 14.3 Å². The first-order valence-electron chi connectivity index (χ1n) is 10.8. The quantitative estimate of drug-likeness (QED) is 0.196. The Morgan fingerprint density at radius 3 is 2.49 bits per heavy atom. The normalized spacial score (nSPS) is 14.7. The number of methoxy groups -OCH3 is 1. The van der Waals surface area contributed by atoms with Crippen LogP contribution in [0.25, 0.3) is 16.8 Å². The SMILES string of the molecule is COc1ccccc1N1C(=O)/C(=C\c2c(OCc3ccc(Cl)cc3)ccc3ccccc23)SC1=S. The standard InChI is InChI=1S/C28H20ClNO3S2/c1-32-25-9-5-4-8-23(25)30-27(31)26(35-28(30)34)16-22-21-7-3-2-6-19(21)12-15-24(22)33-17-18-10-13-20(29)14-11-18/h2-16H,17H2,1H3/b26-16+. The lowest BCUT2D eigenvalue weighted by Gasteiger charge is -2.17. The molecule has 1 fully saturated rings. The van der Waals surface area contributed by atoms with Gasteiger partial charge in [0.15, 0.2) is 4.32 Å². The first kappa shape index (κ1) is 23.4. The van der Waals surface area contributed by atoms with Gasteiger partial charge in [0.05, 0.1) is 17.7 Å². The fraction of sp³-hybridized carbons (Fsp3) is 0.0714. The van der Waals surface area contributed by atoms with Crippen molar-refractivity contribution in [2.45, 2.75) is 6.61 Å². The summed E-state index contributed by atoms with van der Waals surface area (Å²) in [6, 6.07) is 26.9. The highest BCUT2D eigenvalue weighted by Gasteiger charge is 2.35. The maximum absolute atomic E-state index is 13.5. The van der Waals surface area contributed by atoms with Gasteiger partial charge in [0.2, 0.25) is 0 Å². The van der Waals surface area contributed by atoms with E-state index in [1.54, 1.807) is 7.11 Å². The van der Waals surface area contributed by atoms with Gasteiger partial charge in [0, 0.05) is 10.6 Å². The van der Waals surface area contributed by atoms with Gasteiger partial charge in [-0.3, -0.25) is 9.69 Å². The number of hydrogen-bond donors (Lipinski definition) is 0. The summed E-state index contributed by atoms with van der Waals surface area (Å²) in [6.07, 6.45) is 1.87. The van der Waals surface area contributed by atoms with Crippen LogP contribution in [0.4, 0.5) is 5.69 Å². The zero-order valence-electron chi connectivity index (χ0n) is 18.7. The van der Waals surface area contributed by atoms with E-state index in [1.165, 1.54) is 16.7 Å². The number of carbonyl (C=O) groups excluding carboxylic acids is 1. The highest BCUT2D eigenvalue weighted by molar-refractivity contribution is 8.27. The van der Waals surface area contributed by atoms with Crippen molar-refractivity contribution in [3.05, 3.63) is 106 Å². The number of benzene rings is 4. The number of para-hydroxylation sites is 2. The minimum atomic E-state index is -0.193. The third-order valence-corrected chi connectivity index (χ3v) is 7.19. The molecule has 0 saturated carbocycles. The summed E-state index contributed by atoms with van der Waals surface area (Å²) in [5.74, 6) is 1.07. The molecule has 1 saturated heterocycles. The van der Waals surface area contributed by atoms with E-state index < -0.39 is 0 Å². The first-order valence-corrected chi connectivity index (χ1v) is 12.5. The Morgan fingerprint density at radius 1 is 0.943 bits per heavy atom. The summed E-state index contributed by atoms with van der Waals surface area (Å²) in [6.45, 7) is 0.374. The highest BCUT2D eigenvalue weighted by atomic mass is 35.5. The van der Waals surface area contributed by atoms with Gasteiger partial charge >= 0.3 is 0 Å². The number of thioether (sulfide) groups is 1. The Labute approximate surface area is 218 Å². The van der Waals surface area contributed by atoms with Crippen LogP contribution in [0.1, 0.15) is 11.1 Å². The minimum absolute atomic E-state index is 0.193. The van der Waals surface area contributed by atoms with Crippen molar-refractivity contribution in [2.24, 2.45) is 0 Å². The predicted octanol–water partition coefficient (Wildman–Crippen LogP) is 7.49. The van der Waals surface area contributed by atoms with E-state index >= 15 is 0 Å². The molecule has 0 atom stereocenters. The lowest BCUT2D eigenvalue weighted by atomic mass is 10.0. The van der Waals surface area contributed by atoms with Gasteiger partial charge in [0.25, 0.3) is 5.91 Å². The van der Waals surface area contributed by atoms with E-state index in [-0.39, 0.29) is 5.91 Å². The molecule has 0 aliphatic carbocycles. The van der Waals surface area contributed by atoms with Gasteiger partial charge in [0.1, 0.15) is 18.1 Å². The number of nitrogens with zero attached hydrogens (tertiary/aromatic N) is 1. The molecule has 0 bridgehead atoms. The molecule has 4 aromatic rings. The van der Waals surface area contributed by atoms with E-state index in [2.05, 4.69) is 0 Å². The summed E-state index contributed by atoms with van der Waals surface area (Å²) in [4.78, 5) is 15.5. The van der Waals surface area contributed by atoms with Crippen LogP contribution >= 0.6 is 35.6 Å². The second kappa shape index (κ2) is 10.1. The third-order valence-electron chi connectivity index (χ3n) is 5.63. The molecule has 1 aliphatic heterocycles. The Morgan fingerprint density at radius 2 is 1.69 bits per heavy atom. The predicted molar refractivity (Wildman–Crippen MR) is 148 cm³/mol. The molecule has 1 heterocycles. The van der Waals surface area contributed by atoms with E-state index in [9.17, 15) is 4.79 Å². The monoisotopic (exact) mass is 517 g/mol. The van der Waals surface area contributed by atoms with Crippen molar-refractivity contribution in [3.8, 4) is 11.5 Å². The second-order valence-electron chi connectivity index (χ2n) is 7.80. The number of thiocarbonyl (C=S) groups is 1. The molecule has 0 radical (unpaired) electrons. The van der Waals surface area contributed by atoms with Gasteiger partial charge in [-0.25, -0.2) is 0 Å². The molecule has 35 heavy (non-hydrogen) atoms. The molecule has 0 aromatic heterocycles. The minimum Gasteiger partial charge on any atom is -0.495 e. The smallest absolute Gasteiger partial charge is 0.270 e. The van der Waals surface area contributed by atoms with Gasteiger partial charge in [-0.15, -0.1) is 0 Å². The van der Waals surface area contributed by atoms with E-state index in [0.717, 1.165) is 21.9 Å². The van der Waals surface area contributed by atoms with Crippen LogP contribution in [0.5, 0.6) is 11.5 Å². The second-order valence-corrected chi connectivity index (χ2v) is 9.91. The van der Waals surface area contributed by atoms with E-state index in [0.29, 0.717) is 38.0 Å². The van der Waals surface area contributed by atoms with Crippen molar-refractivity contribution in [3.63, 3.8) is 0 Å². The zero-order valence-corrected chi connectivity index (χ0v) is 21.1. The summed E-state index contributed by atoms with van der Waals surface area (Å²) in [5.41, 5.74) is 2.45. The fourth-order valence-corrected chi connectivity index (χ4v) is 5.31. The molecule has 1 amide bonds. The van der Waals surface area contributed by atoms with E-state index in [1.807, 2.05) is 91.0 Å². The summed E-state index contributed by atoms with van der Waals surface area (Å²) < 4.78 is 12.1. The molecule has 0 spiro atoms. The number of fused-ring (bicyclic) bond motifs is 1. The Bertz CT molecular complexity index is 1470. The van der Waals surface area contributed by atoms with Crippen LogP contribution in [-0.2, 0) is 11.4 Å². The van der Waals surface area contributed by atoms with E-state index in [4.69, 9.17) is 33.3 Å². The number of carbonyl (C=O) groups is 1. The number of anilines is 1. The average Bonchev–Trinajstić information content (AvgIpc) is 3.16. The number of ether oxygens (including phenoxy) is 2. The van der Waals surface area contributed by atoms with Crippen LogP contribution in [0, 0.1) is 0 Å². The van der Waals surface area contributed by atoms with Crippen molar-refractivity contribution in [1.82, 2.24) is 0 Å². The molecular weight excluding hydrogens is 498 g/mol. The molecule has 1 aliphatic rings. The molecule has 5 rings (SSSR count). The van der Waals surface area contributed by atoms with Crippen molar-refractivity contribution >= 4 is 68.3 Å². The van der Waals surface area contributed by atoms with Crippen LogP contribution < -0.4 is 14.4 Å².